The minimum absolute atomic E-state index is 0.0541. The second-order valence-electron chi connectivity index (χ2n) is 5.10. The van der Waals surface area contributed by atoms with Crippen LogP contribution in [0.25, 0.3) is 0 Å². The number of carbonyl (C=O) groups is 2. The summed E-state index contributed by atoms with van der Waals surface area (Å²) >= 11 is 0. The van der Waals surface area contributed by atoms with Crippen molar-refractivity contribution < 1.29 is 19.1 Å². The zero-order valence-corrected chi connectivity index (χ0v) is 12.8. The molecule has 1 aromatic rings. The third-order valence-electron chi connectivity index (χ3n) is 3.38. The highest BCUT2D eigenvalue weighted by Crippen LogP contribution is 2.38. The monoisotopic (exact) mass is 307 g/mol. The van der Waals surface area contributed by atoms with Crippen LogP contribution in [0.1, 0.15) is 19.3 Å². The molecule has 0 heterocycles. The van der Waals surface area contributed by atoms with E-state index in [-0.39, 0.29) is 30.7 Å². The van der Waals surface area contributed by atoms with Crippen molar-refractivity contribution in [2.75, 3.05) is 31.4 Å². The van der Waals surface area contributed by atoms with E-state index in [9.17, 15) is 9.59 Å². The molecule has 0 aromatic heterocycles. The van der Waals surface area contributed by atoms with Gasteiger partial charge < -0.3 is 25.8 Å². The molecule has 0 bridgehead atoms. The van der Waals surface area contributed by atoms with Crippen molar-refractivity contribution in [3.05, 3.63) is 12.1 Å². The summed E-state index contributed by atoms with van der Waals surface area (Å²) in [5, 5.41) is 5.56. The van der Waals surface area contributed by atoms with Crippen molar-refractivity contribution in [2.24, 2.45) is 11.7 Å². The molecule has 0 aliphatic heterocycles. The van der Waals surface area contributed by atoms with Crippen LogP contribution in [0, 0.1) is 5.92 Å². The van der Waals surface area contributed by atoms with Crippen LogP contribution in [0.2, 0.25) is 0 Å². The number of benzene rings is 1. The Labute approximate surface area is 129 Å². The number of hydrogen-bond donors (Lipinski definition) is 3. The Morgan fingerprint density at radius 1 is 1.14 bits per heavy atom. The second kappa shape index (κ2) is 7.13. The van der Waals surface area contributed by atoms with Crippen LogP contribution in [0.5, 0.6) is 11.5 Å². The van der Waals surface area contributed by atoms with Gasteiger partial charge in [-0.2, -0.15) is 0 Å². The Morgan fingerprint density at radius 3 is 2.14 bits per heavy atom. The largest absolute Gasteiger partial charge is 0.493 e. The number of nitrogens with two attached hydrogens (primary N) is 1. The maximum Gasteiger partial charge on any atom is 0.227 e. The lowest BCUT2D eigenvalue weighted by molar-refractivity contribution is -0.117. The van der Waals surface area contributed by atoms with E-state index in [1.54, 1.807) is 12.1 Å². The highest BCUT2D eigenvalue weighted by Gasteiger charge is 2.30. The van der Waals surface area contributed by atoms with Crippen molar-refractivity contribution in [2.45, 2.75) is 19.3 Å². The molecule has 1 aliphatic rings. The quantitative estimate of drug-likeness (QED) is 0.705. The normalized spacial score (nSPS) is 13.4. The molecule has 120 valence electrons. The van der Waals surface area contributed by atoms with E-state index in [4.69, 9.17) is 15.2 Å². The van der Waals surface area contributed by atoms with Gasteiger partial charge in [-0.15, -0.1) is 0 Å². The molecular formula is C15H21N3O4. The Balaban J connectivity index is 2.28. The maximum atomic E-state index is 12.0. The average molecular weight is 307 g/mol. The molecule has 0 unspecified atom stereocenters. The molecule has 4 N–H and O–H groups in total. The van der Waals surface area contributed by atoms with Gasteiger partial charge in [0.15, 0.2) is 11.5 Å². The molecule has 7 nitrogen and oxygen atoms in total. The smallest absolute Gasteiger partial charge is 0.227 e. The molecule has 7 heteroatoms. The highest BCUT2D eigenvalue weighted by molar-refractivity contribution is 6.01. The van der Waals surface area contributed by atoms with Gasteiger partial charge in [0.05, 0.1) is 25.6 Å². The number of ether oxygens (including phenoxy) is 2. The van der Waals surface area contributed by atoms with Gasteiger partial charge in [-0.1, -0.05) is 0 Å². The first-order valence-corrected chi connectivity index (χ1v) is 7.15. The zero-order chi connectivity index (χ0) is 16.1. The summed E-state index contributed by atoms with van der Waals surface area (Å²) in [6.07, 6.45) is 1.99. The lowest BCUT2D eigenvalue weighted by Gasteiger charge is -2.16. The van der Waals surface area contributed by atoms with Gasteiger partial charge in [-0.3, -0.25) is 9.59 Å². The van der Waals surface area contributed by atoms with Crippen LogP contribution in [-0.4, -0.2) is 32.6 Å². The summed E-state index contributed by atoms with van der Waals surface area (Å²) in [6.45, 7) is 0.253. The fourth-order valence-electron chi connectivity index (χ4n) is 2.01. The minimum atomic E-state index is -0.225. The summed E-state index contributed by atoms with van der Waals surface area (Å²) in [4.78, 5) is 23.8. The molecule has 1 fully saturated rings. The standard InChI is InChI=1S/C15H21N3O4/c1-21-12-7-10(17-14(19)5-6-16)11(8-13(12)22-2)18-15(20)9-3-4-9/h7-9H,3-6,16H2,1-2H3,(H,17,19)(H,18,20). The van der Waals surface area contributed by atoms with E-state index in [0.717, 1.165) is 12.8 Å². The number of nitrogens with one attached hydrogen (secondary N) is 2. The first-order chi connectivity index (χ1) is 10.6. The number of methoxy groups -OCH3 is 2. The second-order valence-corrected chi connectivity index (χ2v) is 5.10. The van der Waals surface area contributed by atoms with E-state index in [2.05, 4.69) is 10.6 Å². The summed E-state index contributed by atoms with van der Waals surface area (Å²) in [5.41, 5.74) is 6.33. The number of rotatable bonds is 7. The Kier molecular flexibility index (Phi) is 5.21. The molecule has 2 amide bonds. The fraction of sp³-hybridized carbons (Fsp3) is 0.467. The topological polar surface area (TPSA) is 103 Å². The van der Waals surface area contributed by atoms with Gasteiger partial charge in [-0.25, -0.2) is 0 Å². The highest BCUT2D eigenvalue weighted by atomic mass is 16.5. The zero-order valence-electron chi connectivity index (χ0n) is 12.8. The maximum absolute atomic E-state index is 12.0. The van der Waals surface area contributed by atoms with E-state index < -0.39 is 0 Å². The number of amides is 2. The first kappa shape index (κ1) is 16.1. The SMILES string of the molecule is COc1cc(NC(=O)CCN)c(NC(=O)C2CC2)cc1OC. The van der Waals surface area contributed by atoms with Gasteiger partial charge in [0.1, 0.15) is 0 Å². The van der Waals surface area contributed by atoms with Crippen molar-refractivity contribution >= 4 is 23.2 Å². The van der Waals surface area contributed by atoms with Crippen LogP contribution < -0.4 is 25.8 Å². The van der Waals surface area contributed by atoms with Crippen LogP contribution in [0.4, 0.5) is 11.4 Å². The first-order valence-electron chi connectivity index (χ1n) is 7.15. The van der Waals surface area contributed by atoms with E-state index in [1.807, 2.05) is 0 Å². The van der Waals surface area contributed by atoms with Gasteiger partial charge in [0, 0.05) is 31.0 Å². The third kappa shape index (κ3) is 3.88. The summed E-state index contributed by atoms with van der Waals surface area (Å²) in [6, 6.07) is 3.26. The molecule has 1 saturated carbocycles. The molecule has 0 saturated heterocycles. The van der Waals surface area contributed by atoms with Gasteiger partial charge >= 0.3 is 0 Å². The Morgan fingerprint density at radius 2 is 1.68 bits per heavy atom. The summed E-state index contributed by atoms with van der Waals surface area (Å²) in [7, 11) is 3.02. The van der Waals surface area contributed by atoms with Gasteiger partial charge in [0.2, 0.25) is 11.8 Å². The van der Waals surface area contributed by atoms with Crippen molar-refractivity contribution in [3.8, 4) is 11.5 Å². The van der Waals surface area contributed by atoms with Crippen molar-refractivity contribution in [1.29, 1.82) is 0 Å². The fourth-order valence-corrected chi connectivity index (χ4v) is 2.01. The molecule has 1 aliphatic carbocycles. The van der Waals surface area contributed by atoms with Crippen LogP contribution in [0.3, 0.4) is 0 Å². The molecule has 1 aromatic carbocycles. The predicted octanol–water partition coefficient (Wildman–Crippen LogP) is 1.34. The van der Waals surface area contributed by atoms with E-state index in [0.29, 0.717) is 22.9 Å². The summed E-state index contributed by atoms with van der Waals surface area (Å²) < 4.78 is 10.5. The van der Waals surface area contributed by atoms with Gasteiger partial charge in [0.25, 0.3) is 0 Å². The lowest BCUT2D eigenvalue weighted by atomic mass is 10.2. The Bertz CT molecular complexity index is 570. The van der Waals surface area contributed by atoms with E-state index >= 15 is 0 Å². The van der Waals surface area contributed by atoms with Crippen LogP contribution >= 0.6 is 0 Å². The third-order valence-corrected chi connectivity index (χ3v) is 3.38. The van der Waals surface area contributed by atoms with Crippen molar-refractivity contribution in [1.82, 2.24) is 0 Å². The average Bonchev–Trinajstić information content (AvgIpc) is 3.33. The number of hydrogen-bond acceptors (Lipinski definition) is 5. The molecule has 0 atom stereocenters. The summed E-state index contributed by atoms with van der Waals surface area (Å²) in [5.74, 6) is 0.722. The Hall–Kier alpha value is -2.28. The van der Waals surface area contributed by atoms with E-state index in [1.165, 1.54) is 14.2 Å². The molecular weight excluding hydrogens is 286 g/mol. The van der Waals surface area contributed by atoms with Gasteiger partial charge in [-0.05, 0) is 12.8 Å². The predicted molar refractivity (Wildman–Crippen MR) is 83.2 cm³/mol. The molecule has 22 heavy (non-hydrogen) atoms. The van der Waals surface area contributed by atoms with Crippen molar-refractivity contribution in [3.63, 3.8) is 0 Å². The van der Waals surface area contributed by atoms with Crippen LogP contribution in [-0.2, 0) is 9.59 Å². The molecule has 2 rings (SSSR count). The van der Waals surface area contributed by atoms with Crippen LogP contribution in [0.15, 0.2) is 12.1 Å². The lowest BCUT2D eigenvalue weighted by Crippen LogP contribution is -2.19. The molecule has 0 radical (unpaired) electrons. The number of anilines is 2. The minimum Gasteiger partial charge on any atom is -0.493 e. The number of carbonyl (C=O) groups excluding carboxylic acids is 2. The molecule has 0 spiro atoms.